The van der Waals surface area contributed by atoms with E-state index in [4.69, 9.17) is 19.8 Å². The summed E-state index contributed by atoms with van der Waals surface area (Å²) in [6.45, 7) is 1.94. The van der Waals surface area contributed by atoms with Crippen LogP contribution in [0.25, 0.3) is 0 Å². The molecule has 87 valence electrons. The molecule has 1 amide bonds. The summed E-state index contributed by atoms with van der Waals surface area (Å²) in [4.78, 5) is 28.7. The molecule has 0 bridgehead atoms. The topological polar surface area (TPSA) is 101 Å². The zero-order valence-electron chi connectivity index (χ0n) is 8.37. The fourth-order valence-corrected chi connectivity index (χ4v) is 0. The number of aliphatic carboxylic acids is 2. The Morgan fingerprint density at radius 1 is 1.07 bits per heavy atom. The summed E-state index contributed by atoms with van der Waals surface area (Å²) in [5.41, 5.74) is 0. The first-order chi connectivity index (χ1) is 5.73. The number of carbonyl (C=O) groups excluding carboxylic acids is 3. The Hall–Kier alpha value is -1.07. The number of carboxylic acid groups (broad SMARTS) is 2. The van der Waals surface area contributed by atoms with Gasteiger partial charge in [0.15, 0.2) is 0 Å². The third-order valence-corrected chi connectivity index (χ3v) is 0.211. The van der Waals surface area contributed by atoms with Gasteiger partial charge in [-0.1, -0.05) is 0 Å². The van der Waals surface area contributed by atoms with Gasteiger partial charge in [-0.3, -0.25) is 4.79 Å². The van der Waals surface area contributed by atoms with Gasteiger partial charge in [-0.15, -0.1) is 0 Å². The van der Waals surface area contributed by atoms with Gasteiger partial charge in [0.2, 0.25) is 6.41 Å². The Morgan fingerprint density at radius 3 is 1.14 bits per heavy atom. The van der Waals surface area contributed by atoms with E-state index >= 15 is 0 Å². The summed E-state index contributed by atoms with van der Waals surface area (Å²) in [6, 6.07) is 0. The van der Waals surface area contributed by atoms with Crippen LogP contribution in [0.1, 0.15) is 13.8 Å². The van der Waals surface area contributed by atoms with Gasteiger partial charge in [0.25, 0.3) is 0 Å². The van der Waals surface area contributed by atoms with Crippen molar-refractivity contribution in [3.05, 3.63) is 0 Å². The SMILES string of the molecule is CC(=O)[O-].CC(=O)[O-].CN(C)C=O.[Cu+2]. The molecule has 0 saturated carbocycles. The average Bonchev–Trinajstić information content (AvgIpc) is 1.84. The molecule has 7 heteroatoms. The molecule has 0 atom stereocenters. The van der Waals surface area contributed by atoms with Crippen molar-refractivity contribution < 1.29 is 41.7 Å². The number of rotatable bonds is 1. The zero-order valence-corrected chi connectivity index (χ0v) is 9.31. The molecule has 0 aliphatic carbocycles. The first-order valence-electron chi connectivity index (χ1n) is 3.20. The maximum Gasteiger partial charge on any atom is 2.00 e. The Labute approximate surface area is 93.4 Å². The molecule has 0 rings (SSSR count). The quantitative estimate of drug-likeness (QED) is 0.372. The molecule has 1 radical (unpaired) electrons. The molecule has 0 saturated heterocycles. The predicted octanol–water partition coefficient (Wildman–Crippen LogP) is -2.79. The van der Waals surface area contributed by atoms with E-state index in [1.807, 2.05) is 0 Å². The van der Waals surface area contributed by atoms with E-state index in [-0.39, 0.29) is 17.1 Å². The number of carbonyl (C=O) groups is 3. The summed E-state index contributed by atoms with van der Waals surface area (Å²) in [7, 11) is 3.38. The van der Waals surface area contributed by atoms with Gasteiger partial charge in [-0.25, -0.2) is 0 Å². The van der Waals surface area contributed by atoms with E-state index in [1.54, 1.807) is 14.1 Å². The molecule has 6 nitrogen and oxygen atoms in total. The molecule has 0 aromatic heterocycles. The molecule has 0 fully saturated rings. The van der Waals surface area contributed by atoms with Gasteiger partial charge in [0, 0.05) is 26.0 Å². The normalized spacial score (nSPS) is 6.00. The van der Waals surface area contributed by atoms with Crippen LogP contribution in [-0.4, -0.2) is 37.3 Å². The first kappa shape index (κ1) is 23.1. The van der Waals surface area contributed by atoms with Gasteiger partial charge < -0.3 is 24.7 Å². The second-order valence-electron chi connectivity index (χ2n) is 2.05. The van der Waals surface area contributed by atoms with Crippen LogP contribution in [0.3, 0.4) is 0 Å². The molecular formula is C7H13CuNO5. The van der Waals surface area contributed by atoms with Crippen molar-refractivity contribution in [2.75, 3.05) is 14.1 Å². The minimum atomic E-state index is -1.08. The molecule has 0 aliphatic heterocycles. The Kier molecular flexibility index (Phi) is 29.5. The number of nitrogens with zero attached hydrogens (tertiary/aromatic N) is 1. The fourth-order valence-electron chi connectivity index (χ4n) is 0. The molecular weight excluding hydrogens is 242 g/mol. The van der Waals surface area contributed by atoms with E-state index in [0.717, 1.165) is 20.3 Å². The molecule has 0 heterocycles. The van der Waals surface area contributed by atoms with Gasteiger partial charge in [-0.05, 0) is 13.8 Å². The van der Waals surface area contributed by atoms with Gasteiger partial charge in [0.05, 0.1) is 0 Å². The summed E-state index contributed by atoms with van der Waals surface area (Å²) in [5, 5.41) is 17.8. The summed E-state index contributed by atoms with van der Waals surface area (Å²) in [6.07, 6.45) is 0.750. The van der Waals surface area contributed by atoms with Crippen LogP contribution in [0, 0.1) is 0 Å². The Bertz CT molecular complexity index is 140. The van der Waals surface area contributed by atoms with Crippen LogP contribution in [0.2, 0.25) is 0 Å². The van der Waals surface area contributed by atoms with Crippen molar-refractivity contribution in [3.63, 3.8) is 0 Å². The minimum Gasteiger partial charge on any atom is -0.550 e. The summed E-state index contributed by atoms with van der Waals surface area (Å²) >= 11 is 0. The van der Waals surface area contributed by atoms with Crippen LogP contribution in [0.4, 0.5) is 0 Å². The van der Waals surface area contributed by atoms with Crippen LogP contribution in [-0.2, 0) is 31.5 Å². The second-order valence-corrected chi connectivity index (χ2v) is 2.05. The second kappa shape index (κ2) is 17.9. The number of carboxylic acids is 2. The predicted molar refractivity (Wildman–Crippen MR) is 41.1 cm³/mol. The van der Waals surface area contributed by atoms with E-state index in [0.29, 0.717) is 0 Å². The molecule has 0 unspecified atom stereocenters. The zero-order chi connectivity index (χ0) is 11.4. The van der Waals surface area contributed by atoms with E-state index < -0.39 is 11.9 Å². The molecule has 0 N–H and O–H groups in total. The third kappa shape index (κ3) is 1250. The molecule has 0 aromatic carbocycles. The largest absolute Gasteiger partial charge is 2.00 e. The smallest absolute Gasteiger partial charge is 0.550 e. The van der Waals surface area contributed by atoms with Crippen molar-refractivity contribution in [2.45, 2.75) is 13.8 Å². The summed E-state index contributed by atoms with van der Waals surface area (Å²) < 4.78 is 0. The molecule has 0 spiro atoms. The van der Waals surface area contributed by atoms with Gasteiger partial charge >= 0.3 is 17.1 Å². The van der Waals surface area contributed by atoms with Gasteiger partial charge in [-0.2, -0.15) is 0 Å². The van der Waals surface area contributed by atoms with Crippen molar-refractivity contribution in [2.24, 2.45) is 0 Å². The number of hydrogen-bond donors (Lipinski definition) is 0. The first-order valence-corrected chi connectivity index (χ1v) is 3.20. The molecule has 0 aromatic rings. The average molecular weight is 255 g/mol. The number of hydrogen-bond acceptors (Lipinski definition) is 5. The van der Waals surface area contributed by atoms with Crippen LogP contribution < -0.4 is 10.2 Å². The fraction of sp³-hybridized carbons (Fsp3) is 0.571. The van der Waals surface area contributed by atoms with Crippen molar-refractivity contribution >= 4 is 18.3 Å². The monoisotopic (exact) mass is 254 g/mol. The van der Waals surface area contributed by atoms with Crippen LogP contribution in [0.5, 0.6) is 0 Å². The Balaban J connectivity index is -0.0000000522. The Morgan fingerprint density at radius 2 is 1.14 bits per heavy atom. The minimum absolute atomic E-state index is 0. The summed E-state index contributed by atoms with van der Waals surface area (Å²) in [5.74, 6) is -2.17. The number of amides is 1. The maximum atomic E-state index is 9.43. The van der Waals surface area contributed by atoms with Crippen molar-refractivity contribution in [1.29, 1.82) is 0 Å². The molecule has 0 aliphatic rings. The van der Waals surface area contributed by atoms with Crippen LogP contribution in [0.15, 0.2) is 0 Å². The van der Waals surface area contributed by atoms with E-state index in [1.165, 1.54) is 4.90 Å². The van der Waals surface area contributed by atoms with Gasteiger partial charge in [0.1, 0.15) is 0 Å². The van der Waals surface area contributed by atoms with E-state index in [9.17, 15) is 4.79 Å². The molecule has 14 heavy (non-hydrogen) atoms. The standard InChI is InChI=1S/C3H7NO.2C2H4O2.Cu/c1-4(2)3-5;2*1-2(3)4;/h3H,1-2H3;2*1H3,(H,3,4);/q;;;+2/p-2. The van der Waals surface area contributed by atoms with Crippen molar-refractivity contribution in [1.82, 2.24) is 4.90 Å². The third-order valence-electron chi connectivity index (χ3n) is 0.211. The van der Waals surface area contributed by atoms with Crippen LogP contribution >= 0.6 is 0 Å². The maximum absolute atomic E-state index is 9.43. The van der Waals surface area contributed by atoms with Crippen molar-refractivity contribution in [3.8, 4) is 0 Å². The van der Waals surface area contributed by atoms with E-state index in [2.05, 4.69) is 0 Å².